The number of carbonyl (C=O) groups excluding carboxylic acids is 2. The van der Waals surface area contributed by atoms with E-state index < -0.39 is 0 Å². The molecule has 0 spiro atoms. The third-order valence-corrected chi connectivity index (χ3v) is 4.54. The predicted octanol–water partition coefficient (Wildman–Crippen LogP) is 2.23. The minimum absolute atomic E-state index is 0.0172. The van der Waals surface area contributed by atoms with Gasteiger partial charge in [0.05, 0.1) is 18.5 Å². The average Bonchev–Trinajstić information content (AvgIpc) is 2.66. The van der Waals surface area contributed by atoms with E-state index in [1.807, 2.05) is 37.3 Å². The van der Waals surface area contributed by atoms with Gasteiger partial charge in [0.15, 0.2) is 0 Å². The van der Waals surface area contributed by atoms with Gasteiger partial charge in [0.25, 0.3) is 5.91 Å². The van der Waals surface area contributed by atoms with E-state index in [0.29, 0.717) is 31.1 Å². The van der Waals surface area contributed by atoms with E-state index in [1.54, 1.807) is 4.90 Å². The molecule has 0 radical (unpaired) electrons. The quantitative estimate of drug-likeness (QED) is 0.926. The van der Waals surface area contributed by atoms with E-state index in [9.17, 15) is 9.59 Å². The maximum absolute atomic E-state index is 13.0. The average molecular weight is 341 g/mol. The van der Waals surface area contributed by atoms with Gasteiger partial charge in [0, 0.05) is 25.0 Å². The predicted molar refractivity (Wildman–Crippen MR) is 95.6 cm³/mol. The first-order valence-corrected chi connectivity index (χ1v) is 8.64. The van der Waals surface area contributed by atoms with Crippen LogP contribution < -0.4 is 10.1 Å². The van der Waals surface area contributed by atoms with Gasteiger partial charge in [-0.05, 0) is 31.9 Å². The van der Waals surface area contributed by atoms with Crippen LogP contribution in [0.4, 0.5) is 0 Å². The summed E-state index contributed by atoms with van der Waals surface area (Å²) in [7, 11) is 1.52. The van der Waals surface area contributed by atoms with Crippen molar-refractivity contribution in [1.82, 2.24) is 15.2 Å². The number of amides is 2. The summed E-state index contributed by atoms with van der Waals surface area (Å²) in [6.07, 6.45) is 1.62. The number of methoxy groups -OCH3 is 1. The van der Waals surface area contributed by atoms with Gasteiger partial charge in [0.1, 0.15) is 5.56 Å². The van der Waals surface area contributed by atoms with Crippen LogP contribution in [0.3, 0.4) is 0 Å². The van der Waals surface area contributed by atoms with Gasteiger partial charge in [-0.15, -0.1) is 0 Å². The van der Waals surface area contributed by atoms with Crippen molar-refractivity contribution in [2.75, 3.05) is 26.7 Å². The van der Waals surface area contributed by atoms with Crippen LogP contribution in [0.5, 0.6) is 5.88 Å². The Morgan fingerprint density at radius 2 is 2.16 bits per heavy atom. The second-order valence-corrected chi connectivity index (χ2v) is 6.22. The summed E-state index contributed by atoms with van der Waals surface area (Å²) >= 11 is 0. The van der Waals surface area contributed by atoms with Crippen molar-refractivity contribution in [1.29, 1.82) is 0 Å². The maximum Gasteiger partial charge on any atom is 0.259 e. The molecule has 132 valence electrons. The highest BCUT2D eigenvalue weighted by Gasteiger charge is 2.30. The van der Waals surface area contributed by atoms with Gasteiger partial charge < -0.3 is 15.0 Å². The normalized spacial score (nSPS) is 17.4. The van der Waals surface area contributed by atoms with Crippen molar-refractivity contribution >= 4 is 22.7 Å². The molecule has 6 heteroatoms. The first-order chi connectivity index (χ1) is 12.1. The zero-order valence-corrected chi connectivity index (χ0v) is 14.6. The summed E-state index contributed by atoms with van der Waals surface area (Å²) in [4.78, 5) is 31.3. The number of carbonyl (C=O) groups is 2. The van der Waals surface area contributed by atoms with E-state index in [1.165, 1.54) is 7.11 Å². The summed E-state index contributed by atoms with van der Waals surface area (Å²) in [6, 6.07) is 9.44. The number of nitrogens with zero attached hydrogens (tertiary/aromatic N) is 2. The van der Waals surface area contributed by atoms with Gasteiger partial charge in [0.2, 0.25) is 11.8 Å². The number of ether oxygens (including phenoxy) is 1. The number of aromatic nitrogens is 1. The Labute approximate surface area is 147 Å². The number of rotatable bonds is 4. The second-order valence-electron chi connectivity index (χ2n) is 6.22. The summed E-state index contributed by atoms with van der Waals surface area (Å²) in [5.41, 5.74) is 1.23. The molecule has 1 unspecified atom stereocenters. The molecule has 6 nitrogen and oxygen atoms in total. The lowest BCUT2D eigenvalue weighted by Gasteiger charge is -2.32. The first kappa shape index (κ1) is 17.2. The van der Waals surface area contributed by atoms with Gasteiger partial charge in [-0.3, -0.25) is 9.59 Å². The number of pyridine rings is 1. The minimum atomic E-state index is -0.155. The Kier molecular flexibility index (Phi) is 5.16. The lowest BCUT2D eigenvalue weighted by atomic mass is 9.96. The molecule has 0 bridgehead atoms. The molecule has 1 saturated heterocycles. The Bertz CT molecular complexity index is 791. The van der Waals surface area contributed by atoms with Crippen LogP contribution in [0, 0.1) is 5.92 Å². The largest absolute Gasteiger partial charge is 0.480 e. The van der Waals surface area contributed by atoms with Crippen molar-refractivity contribution in [3.8, 4) is 5.88 Å². The van der Waals surface area contributed by atoms with Crippen LogP contribution >= 0.6 is 0 Å². The lowest BCUT2D eigenvalue weighted by Crippen LogP contribution is -2.45. The zero-order chi connectivity index (χ0) is 17.8. The molecule has 3 rings (SSSR count). The molecule has 2 aromatic rings. The summed E-state index contributed by atoms with van der Waals surface area (Å²) < 4.78 is 5.34. The van der Waals surface area contributed by atoms with Crippen molar-refractivity contribution in [3.63, 3.8) is 0 Å². The molecule has 1 aromatic heterocycles. The SMILES string of the molecule is CCNC(=O)C1CCCN(C(=O)c2cc3ccccc3nc2OC)C1. The van der Waals surface area contributed by atoms with Crippen molar-refractivity contribution in [2.24, 2.45) is 5.92 Å². The molecule has 1 aromatic carbocycles. The highest BCUT2D eigenvalue weighted by Crippen LogP contribution is 2.26. The van der Waals surface area contributed by atoms with Crippen molar-refractivity contribution in [3.05, 3.63) is 35.9 Å². The Balaban J connectivity index is 1.87. The summed E-state index contributed by atoms with van der Waals surface area (Å²) in [6.45, 7) is 3.58. The Morgan fingerprint density at radius 3 is 2.92 bits per heavy atom. The van der Waals surface area contributed by atoms with Gasteiger partial charge >= 0.3 is 0 Å². The number of likely N-dealkylation sites (tertiary alicyclic amines) is 1. The highest BCUT2D eigenvalue weighted by molar-refractivity contribution is 6.00. The van der Waals surface area contributed by atoms with Crippen molar-refractivity contribution in [2.45, 2.75) is 19.8 Å². The zero-order valence-electron chi connectivity index (χ0n) is 14.6. The topological polar surface area (TPSA) is 71.5 Å². The molecule has 25 heavy (non-hydrogen) atoms. The monoisotopic (exact) mass is 341 g/mol. The van der Waals surface area contributed by atoms with Gasteiger partial charge in [-0.25, -0.2) is 4.98 Å². The van der Waals surface area contributed by atoms with Gasteiger partial charge in [-0.2, -0.15) is 0 Å². The molecule has 1 N–H and O–H groups in total. The number of benzene rings is 1. The second kappa shape index (κ2) is 7.51. The van der Waals surface area contributed by atoms with Gasteiger partial charge in [-0.1, -0.05) is 18.2 Å². The molecule has 1 atom stereocenters. The van der Waals surface area contributed by atoms with Crippen LogP contribution in [0.25, 0.3) is 10.9 Å². The molecule has 2 amide bonds. The van der Waals surface area contributed by atoms with Crippen LogP contribution in [-0.4, -0.2) is 48.4 Å². The smallest absolute Gasteiger partial charge is 0.259 e. The van der Waals surface area contributed by atoms with Crippen LogP contribution in [0.2, 0.25) is 0 Å². The Morgan fingerprint density at radius 1 is 1.36 bits per heavy atom. The van der Waals surface area contributed by atoms with Crippen LogP contribution in [0.15, 0.2) is 30.3 Å². The number of para-hydroxylation sites is 1. The fourth-order valence-corrected chi connectivity index (χ4v) is 3.27. The van der Waals surface area contributed by atoms with E-state index in [-0.39, 0.29) is 17.7 Å². The third-order valence-electron chi connectivity index (χ3n) is 4.54. The Hall–Kier alpha value is -2.63. The summed E-state index contributed by atoms with van der Waals surface area (Å²) in [5.74, 6) is 0.0496. The van der Waals surface area contributed by atoms with Crippen LogP contribution in [0.1, 0.15) is 30.1 Å². The standard InChI is InChI=1S/C19H23N3O3/c1-3-20-17(23)14-8-6-10-22(12-14)19(24)15-11-13-7-4-5-9-16(13)21-18(15)25-2/h4-5,7,9,11,14H,3,6,8,10,12H2,1-2H3,(H,20,23). The molecule has 2 heterocycles. The molecule has 1 aliphatic heterocycles. The number of hydrogen-bond acceptors (Lipinski definition) is 4. The minimum Gasteiger partial charge on any atom is -0.480 e. The van der Waals surface area contributed by atoms with E-state index in [4.69, 9.17) is 4.74 Å². The first-order valence-electron chi connectivity index (χ1n) is 8.64. The number of fused-ring (bicyclic) bond motifs is 1. The van der Waals surface area contributed by atoms with E-state index >= 15 is 0 Å². The molecule has 0 aliphatic carbocycles. The molecule has 1 fully saturated rings. The van der Waals surface area contributed by atoms with Crippen molar-refractivity contribution < 1.29 is 14.3 Å². The molecular formula is C19H23N3O3. The van der Waals surface area contributed by atoms with E-state index in [0.717, 1.165) is 23.7 Å². The number of nitrogens with one attached hydrogen (secondary N) is 1. The summed E-state index contributed by atoms with van der Waals surface area (Å²) in [5, 5.41) is 3.74. The fourth-order valence-electron chi connectivity index (χ4n) is 3.27. The van der Waals surface area contributed by atoms with Crippen LogP contribution in [-0.2, 0) is 4.79 Å². The van der Waals surface area contributed by atoms with E-state index in [2.05, 4.69) is 10.3 Å². The molecular weight excluding hydrogens is 318 g/mol. The lowest BCUT2D eigenvalue weighted by molar-refractivity contribution is -0.126. The highest BCUT2D eigenvalue weighted by atomic mass is 16.5. The number of hydrogen-bond donors (Lipinski definition) is 1. The molecule has 0 saturated carbocycles. The third kappa shape index (κ3) is 3.57. The molecule has 1 aliphatic rings. The fraction of sp³-hybridized carbons (Fsp3) is 0.421. The number of piperidine rings is 1. The maximum atomic E-state index is 13.0.